The van der Waals surface area contributed by atoms with Crippen molar-refractivity contribution in [2.75, 3.05) is 20.2 Å². The molecule has 4 heterocycles. The SMILES string of the molecule is COc1ccc(F)cc1CCn1c(=O)n(C(C)(C)C(=O)N2CCCC2)c(=O)c2c(C)c(-n3nccn3)sc21. The summed E-state index contributed by atoms with van der Waals surface area (Å²) in [6.07, 6.45) is 5.10. The molecule has 38 heavy (non-hydrogen) atoms. The van der Waals surface area contributed by atoms with E-state index in [0.29, 0.717) is 45.2 Å². The zero-order valence-corrected chi connectivity index (χ0v) is 22.5. The van der Waals surface area contributed by atoms with Gasteiger partial charge < -0.3 is 9.64 Å². The fourth-order valence-corrected chi connectivity index (χ4v) is 6.35. The molecule has 12 heteroatoms. The molecule has 0 spiro atoms. The van der Waals surface area contributed by atoms with Crippen molar-refractivity contribution in [3.63, 3.8) is 0 Å². The molecule has 1 saturated heterocycles. The Balaban J connectivity index is 1.72. The summed E-state index contributed by atoms with van der Waals surface area (Å²) in [6, 6.07) is 4.22. The molecular formula is C26H29FN6O4S. The number of likely N-dealkylation sites (tertiary alicyclic amines) is 1. The van der Waals surface area contributed by atoms with E-state index >= 15 is 0 Å². The van der Waals surface area contributed by atoms with E-state index in [1.54, 1.807) is 31.7 Å². The Morgan fingerprint density at radius 1 is 1.16 bits per heavy atom. The number of thiophene rings is 1. The molecule has 200 valence electrons. The van der Waals surface area contributed by atoms with Crippen molar-refractivity contribution in [1.29, 1.82) is 0 Å². The molecule has 1 amide bonds. The number of methoxy groups -OCH3 is 1. The number of nitrogens with zero attached hydrogens (tertiary/aromatic N) is 6. The van der Waals surface area contributed by atoms with Gasteiger partial charge in [-0.25, -0.2) is 13.8 Å². The lowest BCUT2D eigenvalue weighted by atomic mass is 10.0. The fourth-order valence-electron chi connectivity index (χ4n) is 5.11. The largest absolute Gasteiger partial charge is 0.496 e. The first-order chi connectivity index (χ1) is 18.1. The second kappa shape index (κ2) is 9.82. The Bertz CT molecular complexity index is 1630. The highest BCUT2D eigenvalue weighted by atomic mass is 32.1. The number of aryl methyl sites for hydroxylation is 3. The Kier molecular flexibility index (Phi) is 6.68. The molecule has 4 aromatic rings. The summed E-state index contributed by atoms with van der Waals surface area (Å²) < 4.78 is 22.0. The van der Waals surface area contributed by atoms with Crippen LogP contribution in [0.25, 0.3) is 15.2 Å². The quantitative estimate of drug-likeness (QED) is 0.357. The van der Waals surface area contributed by atoms with Crippen molar-refractivity contribution in [3.8, 4) is 10.8 Å². The minimum atomic E-state index is -1.41. The zero-order chi connectivity index (χ0) is 27.2. The highest BCUT2D eigenvalue weighted by molar-refractivity contribution is 7.21. The number of hydrogen-bond acceptors (Lipinski definition) is 7. The zero-order valence-electron chi connectivity index (χ0n) is 21.7. The van der Waals surface area contributed by atoms with Crippen LogP contribution in [-0.2, 0) is 23.3 Å². The van der Waals surface area contributed by atoms with Gasteiger partial charge in [-0.2, -0.15) is 10.2 Å². The lowest BCUT2D eigenvalue weighted by Gasteiger charge is -2.31. The van der Waals surface area contributed by atoms with Crippen LogP contribution in [0.2, 0.25) is 0 Å². The number of rotatable bonds is 7. The van der Waals surface area contributed by atoms with Crippen LogP contribution in [0.3, 0.4) is 0 Å². The average Bonchev–Trinajstić information content (AvgIpc) is 3.65. The second-order valence-corrected chi connectivity index (χ2v) is 10.8. The molecule has 0 aliphatic carbocycles. The number of benzene rings is 1. The molecular weight excluding hydrogens is 511 g/mol. The summed E-state index contributed by atoms with van der Waals surface area (Å²) in [4.78, 5) is 45.1. The number of carbonyl (C=O) groups is 1. The van der Waals surface area contributed by atoms with Crippen LogP contribution in [0.4, 0.5) is 4.39 Å². The Morgan fingerprint density at radius 2 is 1.84 bits per heavy atom. The smallest absolute Gasteiger partial charge is 0.333 e. The monoisotopic (exact) mass is 540 g/mol. The number of halogens is 1. The van der Waals surface area contributed by atoms with Gasteiger partial charge in [-0.15, -0.1) is 4.80 Å². The Labute approximate surface area is 221 Å². The van der Waals surface area contributed by atoms with Gasteiger partial charge in [0.1, 0.15) is 26.9 Å². The van der Waals surface area contributed by atoms with Crippen molar-refractivity contribution < 1.29 is 13.9 Å². The normalized spacial score (nSPS) is 14.0. The number of aromatic nitrogens is 5. The third kappa shape index (κ3) is 4.22. The van der Waals surface area contributed by atoms with Crippen molar-refractivity contribution >= 4 is 27.5 Å². The highest BCUT2D eigenvalue weighted by Crippen LogP contribution is 2.31. The summed E-state index contributed by atoms with van der Waals surface area (Å²) >= 11 is 1.22. The highest BCUT2D eigenvalue weighted by Gasteiger charge is 2.39. The predicted octanol–water partition coefficient (Wildman–Crippen LogP) is 2.86. The maximum atomic E-state index is 14.0. The molecule has 1 aliphatic heterocycles. The third-order valence-electron chi connectivity index (χ3n) is 7.11. The maximum Gasteiger partial charge on any atom is 0.333 e. The van der Waals surface area contributed by atoms with Crippen LogP contribution in [0.5, 0.6) is 5.75 Å². The second-order valence-electron chi connectivity index (χ2n) is 9.87. The van der Waals surface area contributed by atoms with E-state index in [-0.39, 0.29) is 18.9 Å². The molecule has 0 unspecified atom stereocenters. The maximum absolute atomic E-state index is 14.0. The van der Waals surface area contributed by atoms with Gasteiger partial charge in [-0.05, 0) is 63.8 Å². The van der Waals surface area contributed by atoms with Crippen LogP contribution in [0, 0.1) is 12.7 Å². The van der Waals surface area contributed by atoms with Crippen molar-refractivity contribution in [2.24, 2.45) is 0 Å². The molecule has 10 nitrogen and oxygen atoms in total. The lowest BCUT2D eigenvalue weighted by Crippen LogP contribution is -2.56. The molecule has 1 aliphatic rings. The Hall–Kier alpha value is -3.80. The summed E-state index contributed by atoms with van der Waals surface area (Å²) in [5.41, 5.74) is -1.35. The van der Waals surface area contributed by atoms with Crippen LogP contribution >= 0.6 is 11.3 Å². The van der Waals surface area contributed by atoms with Gasteiger partial charge in [0, 0.05) is 25.2 Å². The third-order valence-corrected chi connectivity index (χ3v) is 8.39. The number of carbonyl (C=O) groups excluding carboxylic acids is 1. The minimum absolute atomic E-state index is 0.134. The minimum Gasteiger partial charge on any atom is -0.496 e. The summed E-state index contributed by atoms with van der Waals surface area (Å²) in [5.74, 6) is -0.189. The standard InChI is InChI=1S/C26H29FN6O4S/c1-16-20-21(34)32(26(2,3)24(35)30-12-5-6-13-30)25(36)31(23(20)38-22(16)33-28-10-11-29-33)14-9-17-15-18(27)7-8-19(17)37-4/h7-8,10-11,15H,5-6,9,12-14H2,1-4H3. The fraction of sp³-hybridized carbons (Fsp3) is 0.423. The van der Waals surface area contributed by atoms with Crippen LogP contribution in [0.1, 0.15) is 37.8 Å². The van der Waals surface area contributed by atoms with Gasteiger partial charge in [0.25, 0.3) is 5.56 Å². The first-order valence-corrected chi connectivity index (χ1v) is 13.2. The van der Waals surface area contributed by atoms with Gasteiger partial charge in [0.05, 0.1) is 24.9 Å². The topological polar surface area (TPSA) is 104 Å². The van der Waals surface area contributed by atoms with Gasteiger partial charge in [0.15, 0.2) is 0 Å². The van der Waals surface area contributed by atoms with E-state index in [0.717, 1.165) is 17.4 Å². The number of hydrogen-bond donors (Lipinski definition) is 0. The number of amides is 1. The van der Waals surface area contributed by atoms with Crippen molar-refractivity contribution in [1.82, 2.24) is 29.0 Å². The Morgan fingerprint density at radius 3 is 2.50 bits per heavy atom. The molecule has 0 saturated carbocycles. The number of ether oxygens (including phenoxy) is 1. The van der Waals surface area contributed by atoms with E-state index in [4.69, 9.17) is 4.74 Å². The van der Waals surface area contributed by atoms with Gasteiger partial charge >= 0.3 is 5.69 Å². The molecule has 0 N–H and O–H groups in total. The molecule has 0 bridgehead atoms. The molecule has 3 aromatic heterocycles. The van der Waals surface area contributed by atoms with Crippen LogP contribution in [0.15, 0.2) is 40.2 Å². The van der Waals surface area contributed by atoms with Crippen molar-refractivity contribution in [2.45, 2.75) is 52.1 Å². The predicted molar refractivity (Wildman–Crippen MR) is 142 cm³/mol. The van der Waals surface area contributed by atoms with Crippen LogP contribution < -0.4 is 16.0 Å². The average molecular weight is 541 g/mol. The molecule has 0 radical (unpaired) electrons. The summed E-state index contributed by atoms with van der Waals surface area (Å²) in [5, 5.41) is 9.33. The van der Waals surface area contributed by atoms with E-state index in [1.165, 1.54) is 52.3 Å². The van der Waals surface area contributed by atoms with Crippen molar-refractivity contribution in [3.05, 3.63) is 68.4 Å². The van der Waals surface area contributed by atoms with Gasteiger partial charge in [-0.1, -0.05) is 11.3 Å². The molecule has 1 fully saturated rings. The van der Waals surface area contributed by atoms with E-state index < -0.39 is 22.6 Å². The first kappa shape index (κ1) is 25.8. The van der Waals surface area contributed by atoms with Gasteiger partial charge in [-0.3, -0.25) is 14.2 Å². The molecule has 1 aromatic carbocycles. The molecule has 5 rings (SSSR count). The van der Waals surface area contributed by atoms with Gasteiger partial charge in [0.2, 0.25) is 5.91 Å². The lowest BCUT2D eigenvalue weighted by molar-refractivity contribution is -0.138. The number of fused-ring (bicyclic) bond motifs is 1. The van der Waals surface area contributed by atoms with E-state index in [9.17, 15) is 18.8 Å². The first-order valence-electron chi connectivity index (χ1n) is 12.4. The molecule has 0 atom stereocenters. The van der Waals surface area contributed by atoms with E-state index in [1.807, 2.05) is 0 Å². The van der Waals surface area contributed by atoms with E-state index in [2.05, 4.69) is 10.2 Å². The van der Waals surface area contributed by atoms with Crippen LogP contribution in [-0.4, -0.2) is 55.1 Å². The summed E-state index contributed by atoms with van der Waals surface area (Å²) in [7, 11) is 1.50. The summed E-state index contributed by atoms with van der Waals surface area (Å²) in [6.45, 7) is 6.33.